The van der Waals surface area contributed by atoms with E-state index >= 15 is 0 Å². The fourth-order valence-electron chi connectivity index (χ4n) is 2.74. The van der Waals surface area contributed by atoms with E-state index in [0.717, 1.165) is 16.5 Å². The number of rotatable bonds is 4. The highest BCUT2D eigenvalue weighted by Crippen LogP contribution is 2.33. The highest BCUT2D eigenvalue weighted by molar-refractivity contribution is 7.98. The lowest BCUT2D eigenvalue weighted by Gasteiger charge is -2.11. The molecule has 2 nitrogen and oxygen atoms in total. The van der Waals surface area contributed by atoms with Crippen LogP contribution in [0.4, 0.5) is 4.39 Å². The first-order chi connectivity index (χ1) is 10.2. The van der Waals surface area contributed by atoms with Gasteiger partial charge in [0.05, 0.1) is 5.75 Å². The van der Waals surface area contributed by atoms with Crippen LogP contribution in [0, 0.1) is 10.5 Å². The molecule has 0 spiro atoms. The first-order valence-electron chi connectivity index (χ1n) is 7.19. The number of aromatic nitrogens is 2. The Balaban J connectivity index is 1.72. The van der Waals surface area contributed by atoms with E-state index in [0.29, 0.717) is 10.6 Å². The third kappa shape index (κ3) is 3.92. The van der Waals surface area contributed by atoms with Crippen molar-refractivity contribution in [2.24, 2.45) is 0 Å². The van der Waals surface area contributed by atoms with Crippen molar-refractivity contribution in [3.63, 3.8) is 0 Å². The molecule has 0 radical (unpaired) electrons. The Morgan fingerprint density at radius 3 is 2.67 bits per heavy atom. The fraction of sp³-hybridized carbons (Fsp3) is 0.375. The van der Waals surface area contributed by atoms with Gasteiger partial charge in [-0.05, 0) is 49.1 Å². The Morgan fingerprint density at radius 1 is 1.24 bits per heavy atom. The topological polar surface area (TPSA) is 28.7 Å². The number of aromatic amines is 1. The van der Waals surface area contributed by atoms with Crippen molar-refractivity contribution >= 4 is 24.0 Å². The van der Waals surface area contributed by atoms with Crippen LogP contribution in [0.2, 0.25) is 0 Å². The quantitative estimate of drug-likeness (QED) is 0.618. The zero-order valence-electron chi connectivity index (χ0n) is 11.6. The van der Waals surface area contributed by atoms with Crippen molar-refractivity contribution in [2.75, 3.05) is 0 Å². The maximum absolute atomic E-state index is 12.9. The van der Waals surface area contributed by atoms with Gasteiger partial charge in [-0.1, -0.05) is 25.1 Å². The molecule has 1 aliphatic rings. The summed E-state index contributed by atoms with van der Waals surface area (Å²) in [6, 6.07) is 8.53. The van der Waals surface area contributed by atoms with E-state index in [-0.39, 0.29) is 5.82 Å². The number of H-pyrrole nitrogens is 1. The Morgan fingerprint density at radius 2 is 1.95 bits per heavy atom. The molecule has 1 N–H and O–H groups in total. The summed E-state index contributed by atoms with van der Waals surface area (Å²) < 4.78 is 13.5. The Hall–Kier alpha value is -1.20. The minimum Gasteiger partial charge on any atom is -0.346 e. The minimum absolute atomic E-state index is 0.208. The van der Waals surface area contributed by atoms with E-state index in [1.165, 1.54) is 43.5 Å². The van der Waals surface area contributed by atoms with Gasteiger partial charge in [0.15, 0.2) is 0 Å². The molecule has 1 fully saturated rings. The predicted octanol–water partition coefficient (Wildman–Crippen LogP) is 5.23. The lowest BCUT2D eigenvalue weighted by Crippen LogP contribution is -2.02. The van der Waals surface area contributed by atoms with Gasteiger partial charge in [-0.15, -0.1) is 11.8 Å². The Kier molecular flexibility index (Phi) is 4.70. The molecule has 0 unspecified atom stereocenters. The average Bonchev–Trinajstić information content (AvgIpc) is 3.00. The molecule has 1 aromatic carbocycles. The highest BCUT2D eigenvalue weighted by Gasteiger charge is 2.18. The van der Waals surface area contributed by atoms with Crippen LogP contribution in [0.25, 0.3) is 0 Å². The molecule has 21 heavy (non-hydrogen) atoms. The maximum atomic E-state index is 12.9. The van der Waals surface area contributed by atoms with Crippen LogP contribution in [-0.4, -0.2) is 9.97 Å². The van der Waals surface area contributed by atoms with Gasteiger partial charge in [0.2, 0.25) is 0 Å². The lowest BCUT2D eigenvalue weighted by atomic mass is 10.0. The smallest absolute Gasteiger partial charge is 0.130 e. The van der Waals surface area contributed by atoms with Crippen molar-refractivity contribution in [1.29, 1.82) is 0 Å². The molecule has 1 heterocycles. The molecule has 1 aromatic heterocycles. The summed E-state index contributed by atoms with van der Waals surface area (Å²) in [7, 11) is 0. The van der Waals surface area contributed by atoms with E-state index in [4.69, 9.17) is 12.2 Å². The van der Waals surface area contributed by atoms with Gasteiger partial charge in [-0.3, -0.25) is 0 Å². The van der Waals surface area contributed by atoms with Crippen LogP contribution in [0.5, 0.6) is 0 Å². The summed E-state index contributed by atoms with van der Waals surface area (Å²) in [6.07, 6.45) is 5.07. The number of hydrogen-bond acceptors (Lipinski definition) is 3. The number of nitrogens with one attached hydrogen (secondary N) is 1. The normalized spacial score (nSPS) is 15.5. The number of thioether (sulfide) groups is 1. The van der Waals surface area contributed by atoms with Gasteiger partial charge in [0, 0.05) is 10.6 Å². The number of halogens is 1. The van der Waals surface area contributed by atoms with E-state index in [9.17, 15) is 4.39 Å². The van der Waals surface area contributed by atoms with Gasteiger partial charge in [0.1, 0.15) is 16.3 Å². The second-order valence-corrected chi connectivity index (χ2v) is 6.81. The van der Waals surface area contributed by atoms with Crippen LogP contribution < -0.4 is 0 Å². The molecule has 1 saturated carbocycles. The van der Waals surface area contributed by atoms with E-state index in [1.54, 1.807) is 23.9 Å². The second-order valence-electron chi connectivity index (χ2n) is 5.35. The predicted molar refractivity (Wildman–Crippen MR) is 86.6 cm³/mol. The van der Waals surface area contributed by atoms with Gasteiger partial charge in [-0.25, -0.2) is 9.37 Å². The van der Waals surface area contributed by atoms with Crippen molar-refractivity contribution < 1.29 is 4.39 Å². The summed E-state index contributed by atoms with van der Waals surface area (Å²) in [5, 5.41) is 0. The van der Waals surface area contributed by atoms with Crippen LogP contribution in [0.15, 0.2) is 35.2 Å². The summed E-state index contributed by atoms with van der Waals surface area (Å²) in [4.78, 5) is 8.87. The van der Waals surface area contributed by atoms with Crippen molar-refractivity contribution in [2.45, 2.75) is 42.2 Å². The van der Waals surface area contributed by atoms with Crippen LogP contribution in [0.1, 0.15) is 43.1 Å². The molecule has 0 amide bonds. The zero-order chi connectivity index (χ0) is 14.7. The molecule has 110 valence electrons. The van der Waals surface area contributed by atoms with Crippen LogP contribution in [-0.2, 0) is 5.75 Å². The maximum Gasteiger partial charge on any atom is 0.130 e. The van der Waals surface area contributed by atoms with Gasteiger partial charge in [-0.2, -0.15) is 0 Å². The minimum atomic E-state index is -0.208. The molecule has 0 atom stereocenters. The van der Waals surface area contributed by atoms with Gasteiger partial charge in [0.25, 0.3) is 0 Å². The summed E-state index contributed by atoms with van der Waals surface area (Å²) >= 11 is 6.92. The SMILES string of the molecule is Fc1ccc(SCc2nc(=S)cc(C3CCCC3)[nH]2)cc1. The average molecular weight is 320 g/mol. The van der Waals surface area contributed by atoms with Crippen LogP contribution >= 0.6 is 24.0 Å². The summed E-state index contributed by atoms with van der Waals surface area (Å²) in [5.41, 5.74) is 1.22. The molecule has 2 aromatic rings. The van der Waals surface area contributed by atoms with E-state index < -0.39 is 0 Å². The summed E-state index contributed by atoms with van der Waals surface area (Å²) in [5.74, 6) is 2.01. The summed E-state index contributed by atoms with van der Waals surface area (Å²) in [6.45, 7) is 0. The molecule has 0 aliphatic heterocycles. The number of nitrogens with zero attached hydrogens (tertiary/aromatic N) is 1. The van der Waals surface area contributed by atoms with Gasteiger partial charge >= 0.3 is 0 Å². The fourth-order valence-corrected chi connectivity index (χ4v) is 3.74. The Labute approximate surface area is 133 Å². The zero-order valence-corrected chi connectivity index (χ0v) is 13.3. The molecular weight excluding hydrogens is 303 g/mol. The first-order valence-corrected chi connectivity index (χ1v) is 8.58. The Bertz CT molecular complexity index is 661. The third-order valence-electron chi connectivity index (χ3n) is 3.80. The number of hydrogen-bond donors (Lipinski definition) is 1. The molecule has 0 bridgehead atoms. The molecule has 5 heteroatoms. The van der Waals surface area contributed by atoms with Gasteiger partial charge < -0.3 is 4.98 Å². The second kappa shape index (κ2) is 6.71. The largest absolute Gasteiger partial charge is 0.346 e. The highest BCUT2D eigenvalue weighted by atomic mass is 32.2. The molecule has 0 saturated heterocycles. The first kappa shape index (κ1) is 14.7. The van der Waals surface area contributed by atoms with Crippen molar-refractivity contribution in [1.82, 2.24) is 9.97 Å². The lowest BCUT2D eigenvalue weighted by molar-refractivity contribution is 0.626. The molecular formula is C16H17FN2S2. The van der Waals surface area contributed by atoms with E-state index in [1.807, 2.05) is 6.07 Å². The third-order valence-corrected chi connectivity index (χ3v) is 5.03. The standard InChI is InChI=1S/C16H17FN2S2/c17-12-5-7-13(8-6-12)21-10-15-18-14(9-16(20)19-15)11-3-1-2-4-11/h5-9,11H,1-4,10H2,(H,18,19,20). The van der Waals surface area contributed by atoms with Crippen LogP contribution in [0.3, 0.4) is 0 Å². The van der Waals surface area contributed by atoms with E-state index in [2.05, 4.69) is 9.97 Å². The monoisotopic (exact) mass is 320 g/mol. The molecule has 3 rings (SSSR count). The van der Waals surface area contributed by atoms with Crippen molar-refractivity contribution in [3.8, 4) is 0 Å². The van der Waals surface area contributed by atoms with Crippen molar-refractivity contribution in [3.05, 3.63) is 52.3 Å². The number of benzene rings is 1. The molecule has 1 aliphatic carbocycles.